The molecule has 4 heteroatoms. The highest BCUT2D eigenvalue weighted by atomic mass is 35.5. The summed E-state index contributed by atoms with van der Waals surface area (Å²) >= 11 is 5.93. The molecule has 0 spiro atoms. The van der Waals surface area contributed by atoms with Gasteiger partial charge in [-0.05, 0) is 24.3 Å². The predicted molar refractivity (Wildman–Crippen MR) is 79.0 cm³/mol. The summed E-state index contributed by atoms with van der Waals surface area (Å²) in [6.07, 6.45) is 1.67. The van der Waals surface area contributed by atoms with Crippen LogP contribution in [0.25, 0.3) is 10.9 Å². The number of benzene rings is 2. The van der Waals surface area contributed by atoms with Crippen molar-refractivity contribution in [1.82, 2.24) is 4.57 Å². The van der Waals surface area contributed by atoms with Gasteiger partial charge in [-0.2, -0.15) is 0 Å². The number of halogens is 1. The highest BCUT2D eigenvalue weighted by Crippen LogP contribution is 2.23. The van der Waals surface area contributed by atoms with Gasteiger partial charge in [0.25, 0.3) is 5.91 Å². The number of nitrogens with zero attached hydrogens (tertiary/aromatic N) is 1. The summed E-state index contributed by atoms with van der Waals surface area (Å²) in [6, 6.07) is 14.3. The van der Waals surface area contributed by atoms with Crippen molar-refractivity contribution in [2.45, 2.75) is 6.61 Å². The molecule has 0 bridgehead atoms. The van der Waals surface area contributed by atoms with Crippen LogP contribution in [0.5, 0.6) is 0 Å². The largest absolute Gasteiger partial charge is 0.392 e. The van der Waals surface area contributed by atoms with Crippen LogP contribution in [0.4, 0.5) is 0 Å². The van der Waals surface area contributed by atoms with Gasteiger partial charge >= 0.3 is 0 Å². The molecule has 0 atom stereocenters. The van der Waals surface area contributed by atoms with Crippen molar-refractivity contribution in [3.8, 4) is 0 Å². The zero-order valence-corrected chi connectivity index (χ0v) is 11.3. The zero-order chi connectivity index (χ0) is 14.1. The number of carbonyl (C=O) groups excluding carboxylic acids is 1. The lowest BCUT2D eigenvalue weighted by molar-refractivity contribution is 0.0964. The van der Waals surface area contributed by atoms with Crippen LogP contribution in [0, 0.1) is 0 Å². The smallest absolute Gasteiger partial charge is 0.262 e. The van der Waals surface area contributed by atoms with E-state index in [9.17, 15) is 9.90 Å². The van der Waals surface area contributed by atoms with E-state index in [1.54, 1.807) is 35.0 Å². The quantitative estimate of drug-likeness (QED) is 0.783. The monoisotopic (exact) mass is 285 g/mol. The molecule has 3 rings (SSSR count). The Bertz CT molecular complexity index is 792. The van der Waals surface area contributed by atoms with E-state index < -0.39 is 0 Å². The topological polar surface area (TPSA) is 42.2 Å². The van der Waals surface area contributed by atoms with Crippen molar-refractivity contribution < 1.29 is 9.90 Å². The van der Waals surface area contributed by atoms with Gasteiger partial charge in [-0.1, -0.05) is 35.9 Å². The van der Waals surface area contributed by atoms with Gasteiger partial charge in [0.15, 0.2) is 0 Å². The third-order valence-electron chi connectivity index (χ3n) is 3.26. The first kappa shape index (κ1) is 12.9. The highest BCUT2D eigenvalue weighted by Gasteiger charge is 2.14. The van der Waals surface area contributed by atoms with Crippen LogP contribution in [0.2, 0.25) is 5.02 Å². The van der Waals surface area contributed by atoms with Crippen molar-refractivity contribution in [3.63, 3.8) is 0 Å². The van der Waals surface area contributed by atoms with E-state index in [1.165, 1.54) is 0 Å². The molecule has 0 amide bonds. The van der Waals surface area contributed by atoms with Crippen molar-refractivity contribution in [2.75, 3.05) is 0 Å². The maximum Gasteiger partial charge on any atom is 0.262 e. The lowest BCUT2D eigenvalue weighted by Crippen LogP contribution is -2.10. The van der Waals surface area contributed by atoms with Crippen molar-refractivity contribution in [2.24, 2.45) is 0 Å². The maximum atomic E-state index is 12.6. The minimum absolute atomic E-state index is 0.101. The molecule has 100 valence electrons. The third kappa shape index (κ3) is 2.11. The number of para-hydroxylation sites is 1. The van der Waals surface area contributed by atoms with Gasteiger partial charge in [0.05, 0.1) is 12.1 Å². The molecule has 0 fully saturated rings. The Morgan fingerprint density at radius 2 is 1.95 bits per heavy atom. The zero-order valence-electron chi connectivity index (χ0n) is 10.6. The van der Waals surface area contributed by atoms with E-state index in [4.69, 9.17) is 11.6 Å². The molecule has 0 aliphatic rings. The Labute approximate surface area is 121 Å². The normalized spacial score (nSPS) is 10.9. The molecule has 3 nitrogen and oxygen atoms in total. The first-order valence-corrected chi connectivity index (χ1v) is 6.58. The molecule has 1 heterocycles. The number of hydrogen-bond acceptors (Lipinski definition) is 2. The van der Waals surface area contributed by atoms with Gasteiger partial charge < -0.3 is 5.11 Å². The summed E-state index contributed by atoms with van der Waals surface area (Å²) in [7, 11) is 0. The number of fused-ring (bicyclic) bond motifs is 1. The fourth-order valence-electron chi connectivity index (χ4n) is 2.30. The Morgan fingerprint density at radius 3 is 2.70 bits per heavy atom. The minimum atomic E-state index is -0.164. The van der Waals surface area contributed by atoms with E-state index in [-0.39, 0.29) is 12.5 Å². The Balaban J connectivity index is 2.17. The third-order valence-corrected chi connectivity index (χ3v) is 3.49. The molecule has 1 N–H and O–H groups in total. The number of carbonyl (C=O) groups is 1. The average molecular weight is 286 g/mol. The molecule has 20 heavy (non-hydrogen) atoms. The number of hydrogen-bond donors (Lipinski definition) is 1. The SMILES string of the molecule is O=C(c1cccc(Cl)c1)n1cc(CO)c2ccccc21. The van der Waals surface area contributed by atoms with Crippen LogP contribution < -0.4 is 0 Å². The Hall–Kier alpha value is -2.10. The molecule has 0 saturated carbocycles. The van der Waals surface area contributed by atoms with Crippen LogP contribution in [0.15, 0.2) is 54.7 Å². The van der Waals surface area contributed by atoms with Gasteiger partial charge in [0.1, 0.15) is 0 Å². The molecule has 0 aliphatic carbocycles. The minimum Gasteiger partial charge on any atom is -0.392 e. The van der Waals surface area contributed by atoms with Crippen molar-refractivity contribution in [1.29, 1.82) is 0 Å². The molecule has 0 unspecified atom stereocenters. The van der Waals surface area contributed by atoms with Gasteiger partial charge in [0.2, 0.25) is 0 Å². The second-order valence-corrected chi connectivity index (χ2v) is 4.95. The van der Waals surface area contributed by atoms with Gasteiger partial charge in [-0.3, -0.25) is 9.36 Å². The number of aliphatic hydroxyl groups is 1. The second kappa shape index (κ2) is 5.12. The molecular formula is C16H12ClNO2. The molecule has 1 aromatic heterocycles. The predicted octanol–water partition coefficient (Wildman–Crippen LogP) is 3.48. The molecule has 2 aromatic carbocycles. The van der Waals surface area contributed by atoms with E-state index in [0.29, 0.717) is 10.6 Å². The highest BCUT2D eigenvalue weighted by molar-refractivity contribution is 6.31. The van der Waals surface area contributed by atoms with E-state index in [2.05, 4.69) is 0 Å². The van der Waals surface area contributed by atoms with Gasteiger partial charge in [0, 0.05) is 27.7 Å². The van der Waals surface area contributed by atoms with Crippen LogP contribution in [-0.4, -0.2) is 15.6 Å². The fraction of sp³-hybridized carbons (Fsp3) is 0.0625. The molecule has 3 aromatic rings. The number of aliphatic hydroxyl groups excluding tert-OH is 1. The van der Waals surface area contributed by atoms with E-state index in [1.807, 2.05) is 24.3 Å². The van der Waals surface area contributed by atoms with Gasteiger partial charge in [-0.25, -0.2) is 0 Å². The summed E-state index contributed by atoms with van der Waals surface area (Å²) in [5.41, 5.74) is 2.03. The van der Waals surface area contributed by atoms with Gasteiger partial charge in [-0.15, -0.1) is 0 Å². The summed E-state index contributed by atoms with van der Waals surface area (Å²) in [6.45, 7) is -0.101. The fourth-order valence-corrected chi connectivity index (χ4v) is 2.50. The summed E-state index contributed by atoms with van der Waals surface area (Å²) in [5.74, 6) is -0.164. The summed E-state index contributed by atoms with van der Waals surface area (Å²) in [5, 5.41) is 10.8. The van der Waals surface area contributed by atoms with E-state index >= 15 is 0 Å². The van der Waals surface area contributed by atoms with Crippen LogP contribution in [0.1, 0.15) is 15.9 Å². The molecule has 0 aliphatic heterocycles. The second-order valence-electron chi connectivity index (χ2n) is 4.52. The van der Waals surface area contributed by atoms with Crippen LogP contribution in [0.3, 0.4) is 0 Å². The van der Waals surface area contributed by atoms with Crippen LogP contribution >= 0.6 is 11.6 Å². The molecule has 0 radical (unpaired) electrons. The lowest BCUT2D eigenvalue weighted by atomic mass is 10.2. The average Bonchev–Trinajstić information content (AvgIpc) is 2.85. The Kier molecular flexibility index (Phi) is 3.30. The molecule has 0 saturated heterocycles. The maximum absolute atomic E-state index is 12.6. The van der Waals surface area contributed by atoms with Crippen molar-refractivity contribution in [3.05, 3.63) is 70.9 Å². The summed E-state index contributed by atoms with van der Waals surface area (Å²) in [4.78, 5) is 12.6. The summed E-state index contributed by atoms with van der Waals surface area (Å²) < 4.78 is 1.55. The molecular weight excluding hydrogens is 274 g/mol. The van der Waals surface area contributed by atoms with E-state index in [0.717, 1.165) is 16.5 Å². The first-order valence-electron chi connectivity index (χ1n) is 6.21. The lowest BCUT2D eigenvalue weighted by Gasteiger charge is -2.04. The van der Waals surface area contributed by atoms with Crippen molar-refractivity contribution >= 4 is 28.4 Å². The number of rotatable bonds is 2. The first-order chi connectivity index (χ1) is 9.70. The number of aromatic nitrogens is 1. The standard InChI is InChI=1S/C16H12ClNO2/c17-13-5-3-4-11(8-13)16(20)18-9-12(10-19)14-6-1-2-7-15(14)18/h1-9,19H,10H2. The Morgan fingerprint density at radius 1 is 1.15 bits per heavy atom. The van der Waals surface area contributed by atoms with Crippen LogP contribution in [-0.2, 0) is 6.61 Å².